The summed E-state index contributed by atoms with van der Waals surface area (Å²) >= 11 is 0. The third kappa shape index (κ3) is 3.46. The predicted molar refractivity (Wildman–Crippen MR) is 73.8 cm³/mol. The largest absolute Gasteiger partial charge is 0.382 e. The van der Waals surface area contributed by atoms with Crippen LogP contribution in [0.5, 0.6) is 0 Å². The van der Waals surface area contributed by atoms with Crippen LogP contribution in [0.4, 0.5) is 0 Å². The van der Waals surface area contributed by atoms with Crippen LogP contribution in [0.15, 0.2) is 0 Å². The quantitative estimate of drug-likeness (QED) is 0.710. The van der Waals surface area contributed by atoms with Gasteiger partial charge in [0, 0.05) is 25.9 Å². The second-order valence-corrected chi connectivity index (χ2v) is 5.79. The van der Waals surface area contributed by atoms with Crippen LogP contribution in [0, 0.1) is 5.92 Å². The molecule has 2 fully saturated rings. The summed E-state index contributed by atoms with van der Waals surface area (Å²) in [6, 6.07) is 0.614. The summed E-state index contributed by atoms with van der Waals surface area (Å²) in [6.45, 7) is 8.00. The van der Waals surface area contributed by atoms with Crippen molar-refractivity contribution in [3.05, 3.63) is 0 Å². The highest BCUT2D eigenvalue weighted by atomic mass is 16.5. The van der Waals surface area contributed by atoms with E-state index in [1.807, 2.05) is 0 Å². The van der Waals surface area contributed by atoms with E-state index < -0.39 is 0 Å². The molecular formula is C15H29NO2. The summed E-state index contributed by atoms with van der Waals surface area (Å²) in [6.07, 6.45) is 7.55. The molecule has 0 radical (unpaired) electrons. The highest BCUT2D eigenvalue weighted by Crippen LogP contribution is 2.45. The van der Waals surface area contributed by atoms with Gasteiger partial charge in [0.1, 0.15) is 0 Å². The van der Waals surface area contributed by atoms with Crippen molar-refractivity contribution in [1.82, 2.24) is 5.32 Å². The highest BCUT2D eigenvalue weighted by Gasteiger charge is 2.43. The summed E-state index contributed by atoms with van der Waals surface area (Å²) in [7, 11) is 0. The van der Waals surface area contributed by atoms with Gasteiger partial charge in [0.25, 0.3) is 0 Å². The van der Waals surface area contributed by atoms with Crippen molar-refractivity contribution in [2.45, 2.75) is 64.0 Å². The molecule has 1 aliphatic carbocycles. The van der Waals surface area contributed by atoms with Crippen LogP contribution >= 0.6 is 0 Å². The van der Waals surface area contributed by atoms with Gasteiger partial charge in [-0.05, 0) is 57.9 Å². The summed E-state index contributed by atoms with van der Waals surface area (Å²) in [5.41, 5.74) is 0.266. The summed E-state index contributed by atoms with van der Waals surface area (Å²) in [4.78, 5) is 0. The molecular weight excluding hydrogens is 226 g/mol. The van der Waals surface area contributed by atoms with Gasteiger partial charge in [-0.1, -0.05) is 6.92 Å². The van der Waals surface area contributed by atoms with Crippen LogP contribution in [-0.2, 0) is 9.47 Å². The van der Waals surface area contributed by atoms with Gasteiger partial charge in [-0.2, -0.15) is 0 Å². The lowest BCUT2D eigenvalue weighted by Gasteiger charge is -2.49. The Bertz CT molecular complexity index is 241. The zero-order valence-corrected chi connectivity index (χ0v) is 12.0. The van der Waals surface area contributed by atoms with E-state index in [1.165, 1.54) is 32.1 Å². The Labute approximate surface area is 112 Å². The molecule has 0 aromatic carbocycles. The number of hydrogen-bond acceptors (Lipinski definition) is 3. The molecule has 1 heterocycles. The van der Waals surface area contributed by atoms with Crippen LogP contribution in [0.2, 0.25) is 0 Å². The molecule has 0 aromatic rings. The average Bonchev–Trinajstić information content (AvgIpc) is 2.36. The third-order valence-corrected chi connectivity index (χ3v) is 4.61. The first-order chi connectivity index (χ1) is 8.79. The molecule has 2 aliphatic rings. The molecule has 1 saturated carbocycles. The molecule has 1 saturated heterocycles. The lowest BCUT2D eigenvalue weighted by molar-refractivity contribution is -0.147. The molecule has 2 unspecified atom stereocenters. The van der Waals surface area contributed by atoms with Gasteiger partial charge in [-0.15, -0.1) is 0 Å². The minimum absolute atomic E-state index is 0.266. The number of hydrogen-bond donors (Lipinski definition) is 1. The third-order valence-electron chi connectivity index (χ3n) is 4.61. The molecule has 2 atom stereocenters. The van der Waals surface area contributed by atoms with Gasteiger partial charge in [0.2, 0.25) is 0 Å². The van der Waals surface area contributed by atoms with E-state index >= 15 is 0 Å². The van der Waals surface area contributed by atoms with Crippen LogP contribution in [0.25, 0.3) is 0 Å². The predicted octanol–water partition coefficient (Wildman–Crippen LogP) is 2.74. The van der Waals surface area contributed by atoms with Crippen molar-refractivity contribution in [2.75, 3.05) is 26.4 Å². The highest BCUT2D eigenvalue weighted by molar-refractivity contribution is 4.96. The normalized spacial score (nSPS) is 28.0. The minimum Gasteiger partial charge on any atom is -0.382 e. The first-order valence-electron chi connectivity index (χ1n) is 7.75. The van der Waals surface area contributed by atoms with Gasteiger partial charge in [-0.25, -0.2) is 0 Å². The fourth-order valence-corrected chi connectivity index (χ4v) is 3.45. The Balaban J connectivity index is 1.84. The maximum absolute atomic E-state index is 6.03. The average molecular weight is 255 g/mol. The molecule has 1 spiro atoms. The fraction of sp³-hybridized carbons (Fsp3) is 1.00. The van der Waals surface area contributed by atoms with Crippen molar-refractivity contribution >= 4 is 0 Å². The van der Waals surface area contributed by atoms with Gasteiger partial charge in [0.15, 0.2) is 0 Å². The summed E-state index contributed by atoms with van der Waals surface area (Å²) < 4.78 is 11.5. The fourth-order valence-electron chi connectivity index (χ4n) is 3.45. The zero-order valence-electron chi connectivity index (χ0n) is 12.0. The Morgan fingerprint density at radius 3 is 2.83 bits per heavy atom. The van der Waals surface area contributed by atoms with Gasteiger partial charge >= 0.3 is 0 Å². The molecule has 0 aromatic heterocycles. The molecule has 0 bridgehead atoms. The van der Waals surface area contributed by atoms with E-state index in [0.717, 1.165) is 38.7 Å². The lowest BCUT2D eigenvalue weighted by Crippen LogP contribution is -2.50. The Morgan fingerprint density at radius 2 is 2.22 bits per heavy atom. The second-order valence-electron chi connectivity index (χ2n) is 5.79. The van der Waals surface area contributed by atoms with Crippen LogP contribution in [0.1, 0.15) is 52.4 Å². The smallest absolute Gasteiger partial charge is 0.0685 e. The van der Waals surface area contributed by atoms with Crippen LogP contribution < -0.4 is 5.32 Å². The SMILES string of the molecule is CCNC(CCOCC)C1CCOC2(CCC2)C1. The van der Waals surface area contributed by atoms with E-state index in [0.29, 0.717) is 6.04 Å². The van der Waals surface area contributed by atoms with E-state index in [4.69, 9.17) is 9.47 Å². The van der Waals surface area contributed by atoms with Crippen LogP contribution in [0.3, 0.4) is 0 Å². The van der Waals surface area contributed by atoms with Gasteiger partial charge in [-0.3, -0.25) is 0 Å². The number of ether oxygens (including phenoxy) is 2. The molecule has 3 nitrogen and oxygen atoms in total. The Kier molecular flexibility index (Phi) is 5.46. The summed E-state index contributed by atoms with van der Waals surface area (Å²) in [5, 5.41) is 3.66. The molecule has 1 N–H and O–H groups in total. The molecule has 1 aliphatic heterocycles. The van der Waals surface area contributed by atoms with Crippen LogP contribution in [-0.4, -0.2) is 38.0 Å². The second kappa shape index (κ2) is 6.88. The van der Waals surface area contributed by atoms with Crippen molar-refractivity contribution in [1.29, 1.82) is 0 Å². The first kappa shape index (κ1) is 14.3. The molecule has 106 valence electrons. The summed E-state index contributed by atoms with van der Waals surface area (Å²) in [5.74, 6) is 0.777. The van der Waals surface area contributed by atoms with Crippen molar-refractivity contribution < 1.29 is 9.47 Å². The Morgan fingerprint density at radius 1 is 1.39 bits per heavy atom. The van der Waals surface area contributed by atoms with E-state index in [2.05, 4.69) is 19.2 Å². The minimum atomic E-state index is 0.266. The zero-order chi connectivity index (χ0) is 12.8. The first-order valence-corrected chi connectivity index (χ1v) is 7.75. The van der Waals surface area contributed by atoms with E-state index in [9.17, 15) is 0 Å². The maximum Gasteiger partial charge on any atom is 0.0685 e. The molecule has 3 heteroatoms. The number of rotatable bonds is 7. The maximum atomic E-state index is 6.03. The van der Waals surface area contributed by atoms with E-state index in [-0.39, 0.29) is 5.60 Å². The molecule has 0 amide bonds. The van der Waals surface area contributed by atoms with Crippen molar-refractivity contribution in [3.8, 4) is 0 Å². The standard InChI is InChI=1S/C15H29NO2/c1-3-16-14(7-10-17-4-2)13-6-11-18-15(12-13)8-5-9-15/h13-14,16H,3-12H2,1-2H3. The van der Waals surface area contributed by atoms with Gasteiger partial charge in [0.05, 0.1) is 5.60 Å². The van der Waals surface area contributed by atoms with Crippen molar-refractivity contribution in [2.24, 2.45) is 5.92 Å². The molecule has 18 heavy (non-hydrogen) atoms. The lowest BCUT2D eigenvalue weighted by atomic mass is 9.70. The van der Waals surface area contributed by atoms with Gasteiger partial charge < -0.3 is 14.8 Å². The number of nitrogens with one attached hydrogen (secondary N) is 1. The molecule has 2 rings (SSSR count). The van der Waals surface area contributed by atoms with E-state index in [1.54, 1.807) is 0 Å². The monoisotopic (exact) mass is 255 g/mol. The van der Waals surface area contributed by atoms with Crippen molar-refractivity contribution in [3.63, 3.8) is 0 Å². The Hall–Kier alpha value is -0.120. The topological polar surface area (TPSA) is 30.5 Å².